The SMILES string of the molecule is CN=C(C=CN)C(=O)Nc1ccc(Nc2ccc(NC(=O)c3ccc(N4CCC(O)CC4)cc3)cc2)c(F)c1. The van der Waals surface area contributed by atoms with E-state index in [4.69, 9.17) is 5.73 Å². The van der Waals surface area contributed by atoms with Crippen LogP contribution in [0.15, 0.2) is 84.0 Å². The molecule has 3 aromatic carbocycles. The van der Waals surface area contributed by atoms with Crippen LogP contribution in [0.25, 0.3) is 0 Å². The topological polar surface area (TPSA) is 132 Å². The normalized spacial score (nSPS) is 14.3. The molecule has 0 aliphatic carbocycles. The molecule has 0 bridgehead atoms. The lowest BCUT2D eigenvalue weighted by Crippen LogP contribution is -2.35. The number of nitrogens with zero attached hydrogens (tertiary/aromatic N) is 2. The van der Waals surface area contributed by atoms with Gasteiger partial charge in [-0.3, -0.25) is 14.6 Å². The minimum absolute atomic E-state index is 0.114. The van der Waals surface area contributed by atoms with Crippen LogP contribution in [0, 0.1) is 5.82 Å². The van der Waals surface area contributed by atoms with Gasteiger partial charge in [-0.05, 0) is 91.8 Å². The van der Waals surface area contributed by atoms with Crippen molar-refractivity contribution in [2.24, 2.45) is 10.7 Å². The molecule has 0 atom stereocenters. The highest BCUT2D eigenvalue weighted by molar-refractivity contribution is 6.47. The zero-order valence-electron chi connectivity index (χ0n) is 21.5. The highest BCUT2D eigenvalue weighted by Crippen LogP contribution is 2.25. The van der Waals surface area contributed by atoms with Crippen LogP contribution >= 0.6 is 0 Å². The van der Waals surface area contributed by atoms with E-state index in [0.717, 1.165) is 31.6 Å². The Morgan fingerprint density at radius 1 is 0.974 bits per heavy atom. The van der Waals surface area contributed by atoms with Crippen molar-refractivity contribution in [1.82, 2.24) is 0 Å². The molecule has 0 saturated carbocycles. The second kappa shape index (κ2) is 12.7. The fourth-order valence-electron chi connectivity index (χ4n) is 4.18. The largest absolute Gasteiger partial charge is 0.405 e. The summed E-state index contributed by atoms with van der Waals surface area (Å²) in [5, 5.41) is 18.1. The van der Waals surface area contributed by atoms with Gasteiger partial charge in [0.1, 0.15) is 11.5 Å². The number of anilines is 5. The van der Waals surface area contributed by atoms with Crippen molar-refractivity contribution in [3.63, 3.8) is 0 Å². The predicted molar refractivity (Wildman–Crippen MR) is 153 cm³/mol. The molecule has 10 heteroatoms. The summed E-state index contributed by atoms with van der Waals surface area (Å²) in [5.74, 6) is -1.30. The van der Waals surface area contributed by atoms with Crippen LogP contribution in [-0.4, -0.2) is 48.9 Å². The molecular formula is C29H31FN6O3. The molecule has 1 aliphatic rings. The van der Waals surface area contributed by atoms with Crippen LogP contribution in [0.2, 0.25) is 0 Å². The molecule has 1 saturated heterocycles. The summed E-state index contributed by atoms with van der Waals surface area (Å²) in [5.41, 5.74) is 8.69. The van der Waals surface area contributed by atoms with E-state index < -0.39 is 11.7 Å². The molecule has 1 aliphatic heterocycles. The highest BCUT2D eigenvalue weighted by atomic mass is 19.1. The number of amides is 2. The van der Waals surface area contributed by atoms with E-state index in [1.807, 2.05) is 12.1 Å². The number of benzene rings is 3. The summed E-state index contributed by atoms with van der Waals surface area (Å²) >= 11 is 0. The van der Waals surface area contributed by atoms with Crippen LogP contribution < -0.4 is 26.6 Å². The zero-order valence-corrected chi connectivity index (χ0v) is 21.5. The van der Waals surface area contributed by atoms with E-state index in [2.05, 4.69) is 25.8 Å². The van der Waals surface area contributed by atoms with Crippen LogP contribution in [-0.2, 0) is 4.79 Å². The molecular weight excluding hydrogens is 499 g/mol. The van der Waals surface area contributed by atoms with Crippen molar-refractivity contribution in [3.05, 3.63) is 90.4 Å². The number of hydrogen-bond acceptors (Lipinski definition) is 7. The lowest BCUT2D eigenvalue weighted by molar-refractivity contribution is -0.110. The second-order valence-electron chi connectivity index (χ2n) is 9.04. The number of rotatable bonds is 8. The molecule has 1 fully saturated rings. The molecule has 0 unspecified atom stereocenters. The average Bonchev–Trinajstić information content (AvgIpc) is 2.94. The van der Waals surface area contributed by atoms with Gasteiger partial charge in [-0.15, -0.1) is 0 Å². The molecule has 0 radical (unpaired) electrons. The zero-order chi connectivity index (χ0) is 27.8. The Labute approximate surface area is 226 Å². The maximum absolute atomic E-state index is 14.7. The second-order valence-corrected chi connectivity index (χ2v) is 9.04. The molecule has 4 rings (SSSR count). The third kappa shape index (κ3) is 7.20. The molecule has 6 N–H and O–H groups in total. The van der Waals surface area contributed by atoms with E-state index >= 15 is 0 Å². The lowest BCUT2D eigenvalue weighted by Gasteiger charge is -2.31. The first-order valence-electron chi connectivity index (χ1n) is 12.5. The molecule has 39 heavy (non-hydrogen) atoms. The first kappa shape index (κ1) is 27.3. The van der Waals surface area contributed by atoms with Crippen molar-refractivity contribution in [2.45, 2.75) is 18.9 Å². The van der Waals surface area contributed by atoms with Gasteiger partial charge in [0.15, 0.2) is 0 Å². The van der Waals surface area contributed by atoms with Gasteiger partial charge in [-0.25, -0.2) is 4.39 Å². The molecule has 0 spiro atoms. The summed E-state index contributed by atoms with van der Waals surface area (Å²) in [6.07, 6.45) is 3.81. The quantitative estimate of drug-likeness (QED) is 0.277. The number of carbonyl (C=O) groups excluding carboxylic acids is 2. The molecule has 202 valence electrons. The van der Waals surface area contributed by atoms with Gasteiger partial charge in [-0.2, -0.15) is 0 Å². The summed E-state index contributed by atoms with van der Waals surface area (Å²) < 4.78 is 14.7. The maximum atomic E-state index is 14.7. The van der Waals surface area contributed by atoms with E-state index in [-0.39, 0.29) is 29.1 Å². The van der Waals surface area contributed by atoms with Crippen molar-refractivity contribution >= 4 is 46.0 Å². The number of aliphatic hydroxyl groups is 1. The molecule has 2 amide bonds. The number of halogens is 1. The van der Waals surface area contributed by atoms with Crippen LogP contribution in [0.3, 0.4) is 0 Å². The monoisotopic (exact) mass is 530 g/mol. The third-order valence-corrected chi connectivity index (χ3v) is 6.34. The Kier molecular flexibility index (Phi) is 8.90. The molecule has 1 heterocycles. The highest BCUT2D eigenvalue weighted by Gasteiger charge is 2.17. The Morgan fingerprint density at radius 2 is 1.62 bits per heavy atom. The van der Waals surface area contributed by atoms with Crippen molar-refractivity contribution in [2.75, 3.05) is 41.0 Å². The summed E-state index contributed by atoms with van der Waals surface area (Å²) in [6.45, 7) is 1.58. The first-order chi connectivity index (χ1) is 18.9. The Balaban J connectivity index is 1.33. The number of piperidine rings is 1. The van der Waals surface area contributed by atoms with Crippen molar-refractivity contribution < 1.29 is 19.1 Å². The Morgan fingerprint density at radius 3 is 2.23 bits per heavy atom. The smallest absolute Gasteiger partial charge is 0.273 e. The van der Waals surface area contributed by atoms with E-state index in [0.29, 0.717) is 16.9 Å². The summed E-state index contributed by atoms with van der Waals surface area (Å²) in [4.78, 5) is 30.9. The van der Waals surface area contributed by atoms with Crippen molar-refractivity contribution in [1.29, 1.82) is 0 Å². The number of aliphatic hydroxyl groups excluding tert-OH is 1. The molecule has 0 aromatic heterocycles. The van der Waals surface area contributed by atoms with Gasteiger partial charge < -0.3 is 31.7 Å². The number of nitrogens with one attached hydrogen (secondary N) is 3. The Bertz CT molecular complexity index is 1360. The Hall–Kier alpha value is -4.70. The van der Waals surface area contributed by atoms with E-state index in [1.165, 1.54) is 31.5 Å². The molecule has 3 aromatic rings. The van der Waals surface area contributed by atoms with E-state index in [9.17, 15) is 19.1 Å². The van der Waals surface area contributed by atoms with Gasteiger partial charge in [-0.1, -0.05) is 0 Å². The average molecular weight is 531 g/mol. The minimum Gasteiger partial charge on any atom is -0.405 e. The van der Waals surface area contributed by atoms with Crippen LogP contribution in [0.4, 0.5) is 32.8 Å². The fraction of sp³-hybridized carbons (Fsp3) is 0.207. The lowest BCUT2D eigenvalue weighted by atomic mass is 10.1. The predicted octanol–water partition coefficient (Wildman–Crippen LogP) is 4.26. The number of hydrogen-bond donors (Lipinski definition) is 5. The van der Waals surface area contributed by atoms with Gasteiger partial charge in [0.05, 0.1) is 11.8 Å². The van der Waals surface area contributed by atoms with E-state index in [1.54, 1.807) is 42.5 Å². The number of aliphatic imine (C=N–C) groups is 1. The summed E-state index contributed by atoms with van der Waals surface area (Å²) in [7, 11) is 1.46. The van der Waals surface area contributed by atoms with Gasteiger partial charge in [0, 0.05) is 48.5 Å². The summed E-state index contributed by atoms with van der Waals surface area (Å²) in [6, 6.07) is 18.6. The standard InChI is InChI=1S/C29H31FN6O3/c1-32-27(12-15-31)29(39)35-22-8-11-26(25(30)18-22)33-20-4-6-21(7-5-20)34-28(38)19-2-9-23(10-3-19)36-16-13-24(37)14-17-36/h2-12,15,18,24,33,37H,13-14,16-17,31H2,1H3,(H,34,38)(H,35,39). The van der Waals surface area contributed by atoms with Gasteiger partial charge in [0.2, 0.25) is 0 Å². The molecule has 9 nitrogen and oxygen atoms in total. The maximum Gasteiger partial charge on any atom is 0.273 e. The van der Waals surface area contributed by atoms with Gasteiger partial charge in [0.25, 0.3) is 11.8 Å². The number of carbonyl (C=O) groups is 2. The fourth-order valence-corrected chi connectivity index (χ4v) is 4.18. The van der Waals surface area contributed by atoms with Crippen LogP contribution in [0.5, 0.6) is 0 Å². The first-order valence-corrected chi connectivity index (χ1v) is 12.5. The van der Waals surface area contributed by atoms with Gasteiger partial charge >= 0.3 is 0 Å². The number of nitrogens with two attached hydrogens (primary N) is 1. The third-order valence-electron chi connectivity index (χ3n) is 6.34. The minimum atomic E-state index is -0.557. The van der Waals surface area contributed by atoms with Crippen molar-refractivity contribution in [3.8, 4) is 0 Å². The van der Waals surface area contributed by atoms with Crippen LogP contribution in [0.1, 0.15) is 23.2 Å².